The summed E-state index contributed by atoms with van der Waals surface area (Å²) in [4.78, 5) is 0. The molecule has 0 amide bonds. The highest BCUT2D eigenvalue weighted by Gasteiger charge is 2.17. The molecular formula is C19H26N2O. The zero-order valence-corrected chi connectivity index (χ0v) is 13.4. The van der Waals surface area contributed by atoms with Gasteiger partial charge in [-0.1, -0.05) is 60.2 Å². The summed E-state index contributed by atoms with van der Waals surface area (Å²) in [7, 11) is 1.90. The maximum Gasteiger partial charge on any atom is 0.0820 e. The minimum atomic E-state index is -0.421. The Balaban J connectivity index is 1.80. The molecule has 2 aromatic carbocycles. The Kier molecular flexibility index (Phi) is 6.59. The van der Waals surface area contributed by atoms with Gasteiger partial charge in [-0.25, -0.2) is 0 Å². The van der Waals surface area contributed by atoms with Crippen molar-refractivity contribution in [3.8, 4) is 0 Å². The third kappa shape index (κ3) is 5.26. The van der Waals surface area contributed by atoms with Crippen LogP contribution in [0.2, 0.25) is 0 Å². The van der Waals surface area contributed by atoms with Crippen LogP contribution in [0.25, 0.3) is 0 Å². The third-order valence-electron chi connectivity index (χ3n) is 3.90. The second-order valence-electron chi connectivity index (χ2n) is 5.77. The maximum absolute atomic E-state index is 10.4. The van der Waals surface area contributed by atoms with E-state index < -0.39 is 6.10 Å². The molecule has 0 unspecified atom stereocenters. The first-order chi connectivity index (χ1) is 10.7. The molecule has 0 bridgehead atoms. The van der Waals surface area contributed by atoms with Crippen LogP contribution in [0.1, 0.15) is 16.7 Å². The van der Waals surface area contributed by atoms with Gasteiger partial charge in [0.1, 0.15) is 0 Å². The van der Waals surface area contributed by atoms with Gasteiger partial charge in [-0.3, -0.25) is 0 Å². The highest BCUT2D eigenvalue weighted by atomic mass is 16.3. The molecule has 0 fully saturated rings. The predicted molar refractivity (Wildman–Crippen MR) is 91.9 cm³/mol. The largest absolute Gasteiger partial charge is 0.390 e. The highest BCUT2D eigenvalue weighted by molar-refractivity contribution is 5.22. The van der Waals surface area contributed by atoms with E-state index in [1.807, 2.05) is 25.2 Å². The van der Waals surface area contributed by atoms with Crippen LogP contribution in [0.3, 0.4) is 0 Å². The summed E-state index contributed by atoms with van der Waals surface area (Å²) in [5, 5.41) is 16.9. The number of likely N-dealkylation sites (N-methyl/N-ethyl adjacent to an activating group) is 1. The zero-order chi connectivity index (χ0) is 15.8. The Morgan fingerprint density at radius 3 is 2.41 bits per heavy atom. The summed E-state index contributed by atoms with van der Waals surface area (Å²) in [5.74, 6) is 0. The Bertz CT molecular complexity index is 556. The molecule has 118 valence electrons. The van der Waals surface area contributed by atoms with Gasteiger partial charge >= 0.3 is 0 Å². The molecule has 3 nitrogen and oxygen atoms in total. The Hall–Kier alpha value is -1.68. The lowest BCUT2D eigenvalue weighted by Gasteiger charge is -2.23. The predicted octanol–water partition coefficient (Wildman–Crippen LogP) is 2.28. The minimum absolute atomic E-state index is 0.0485. The molecule has 2 atom stereocenters. The maximum atomic E-state index is 10.4. The van der Waals surface area contributed by atoms with Crippen molar-refractivity contribution in [3.05, 3.63) is 71.3 Å². The normalized spacial score (nSPS) is 13.8. The first-order valence-electron chi connectivity index (χ1n) is 7.84. The number of rotatable bonds is 8. The van der Waals surface area contributed by atoms with Crippen LogP contribution >= 0.6 is 0 Å². The second-order valence-corrected chi connectivity index (χ2v) is 5.77. The number of nitrogens with one attached hydrogen (secondary N) is 2. The average Bonchev–Trinajstić information content (AvgIpc) is 2.53. The number of aliphatic hydroxyl groups is 1. The van der Waals surface area contributed by atoms with Gasteiger partial charge in [0.2, 0.25) is 0 Å². The van der Waals surface area contributed by atoms with Crippen LogP contribution in [0.5, 0.6) is 0 Å². The Morgan fingerprint density at radius 2 is 1.73 bits per heavy atom. The molecule has 0 aliphatic rings. The Morgan fingerprint density at radius 1 is 1.00 bits per heavy atom. The summed E-state index contributed by atoms with van der Waals surface area (Å²) < 4.78 is 0. The molecule has 3 heteroatoms. The van der Waals surface area contributed by atoms with Crippen LogP contribution in [0.15, 0.2) is 54.6 Å². The highest BCUT2D eigenvalue weighted by Crippen LogP contribution is 2.07. The van der Waals surface area contributed by atoms with Crippen molar-refractivity contribution in [2.45, 2.75) is 32.0 Å². The van der Waals surface area contributed by atoms with E-state index >= 15 is 0 Å². The van der Waals surface area contributed by atoms with E-state index in [9.17, 15) is 5.11 Å². The average molecular weight is 298 g/mol. The first kappa shape index (κ1) is 16.7. The SMILES string of the molecule is CN[C@@H](Cc1ccccc1)[C@H](O)CNCc1cccc(C)c1. The summed E-state index contributed by atoms with van der Waals surface area (Å²) in [5.41, 5.74) is 3.74. The number of hydrogen-bond donors (Lipinski definition) is 3. The number of hydrogen-bond acceptors (Lipinski definition) is 3. The molecular weight excluding hydrogens is 272 g/mol. The fraction of sp³-hybridized carbons (Fsp3) is 0.368. The quantitative estimate of drug-likeness (QED) is 0.700. The van der Waals surface area contributed by atoms with Crippen molar-refractivity contribution in [3.63, 3.8) is 0 Å². The van der Waals surface area contributed by atoms with Gasteiger partial charge in [0.15, 0.2) is 0 Å². The fourth-order valence-corrected chi connectivity index (χ4v) is 2.63. The molecule has 0 saturated heterocycles. The van der Waals surface area contributed by atoms with Gasteiger partial charge in [-0.2, -0.15) is 0 Å². The Labute approximate surface area is 133 Å². The summed E-state index contributed by atoms with van der Waals surface area (Å²) >= 11 is 0. The van der Waals surface area contributed by atoms with E-state index in [0.717, 1.165) is 13.0 Å². The van der Waals surface area contributed by atoms with Crippen molar-refractivity contribution >= 4 is 0 Å². The van der Waals surface area contributed by atoms with Gasteiger partial charge in [-0.15, -0.1) is 0 Å². The standard InChI is InChI=1S/C19H26N2O/c1-15-7-6-10-17(11-15)13-21-14-19(22)18(20-2)12-16-8-4-3-5-9-16/h3-11,18-22H,12-14H2,1-2H3/t18-,19+/m0/s1. The lowest BCUT2D eigenvalue weighted by molar-refractivity contribution is 0.128. The molecule has 0 radical (unpaired) electrons. The van der Waals surface area contributed by atoms with Crippen LogP contribution < -0.4 is 10.6 Å². The van der Waals surface area contributed by atoms with E-state index in [4.69, 9.17) is 0 Å². The molecule has 0 saturated carbocycles. The molecule has 22 heavy (non-hydrogen) atoms. The lowest BCUT2D eigenvalue weighted by Crippen LogP contribution is -2.44. The van der Waals surface area contributed by atoms with Gasteiger partial charge in [0.05, 0.1) is 6.10 Å². The molecule has 0 spiro atoms. The van der Waals surface area contributed by atoms with Gasteiger partial charge in [-0.05, 0) is 31.5 Å². The summed E-state index contributed by atoms with van der Waals surface area (Å²) in [6.07, 6.45) is 0.403. The van der Waals surface area contributed by atoms with Crippen molar-refractivity contribution in [2.24, 2.45) is 0 Å². The van der Waals surface area contributed by atoms with Crippen LogP contribution in [-0.2, 0) is 13.0 Å². The van der Waals surface area contributed by atoms with Gasteiger partial charge in [0, 0.05) is 19.1 Å². The second kappa shape index (κ2) is 8.69. The topological polar surface area (TPSA) is 44.3 Å². The van der Waals surface area contributed by atoms with Crippen molar-refractivity contribution in [1.82, 2.24) is 10.6 Å². The van der Waals surface area contributed by atoms with Crippen LogP contribution in [-0.4, -0.2) is 30.8 Å². The smallest absolute Gasteiger partial charge is 0.0820 e. The number of aliphatic hydroxyl groups excluding tert-OH is 1. The fourth-order valence-electron chi connectivity index (χ4n) is 2.63. The molecule has 0 aromatic heterocycles. The third-order valence-corrected chi connectivity index (χ3v) is 3.90. The summed E-state index contributed by atoms with van der Waals surface area (Å²) in [6.45, 7) is 3.45. The minimum Gasteiger partial charge on any atom is -0.390 e. The van der Waals surface area contributed by atoms with E-state index in [0.29, 0.717) is 6.54 Å². The van der Waals surface area contributed by atoms with Crippen LogP contribution in [0, 0.1) is 6.92 Å². The first-order valence-corrected chi connectivity index (χ1v) is 7.84. The van der Waals surface area contributed by atoms with E-state index in [1.165, 1.54) is 16.7 Å². The van der Waals surface area contributed by atoms with Crippen molar-refractivity contribution in [1.29, 1.82) is 0 Å². The summed E-state index contributed by atoms with van der Waals surface area (Å²) in [6, 6.07) is 18.7. The molecule has 2 aromatic rings. The number of aryl methyl sites for hydroxylation is 1. The molecule has 0 heterocycles. The molecule has 0 aliphatic heterocycles. The zero-order valence-electron chi connectivity index (χ0n) is 13.4. The van der Waals surface area contributed by atoms with Gasteiger partial charge in [0.25, 0.3) is 0 Å². The van der Waals surface area contributed by atoms with Crippen molar-refractivity contribution < 1.29 is 5.11 Å². The van der Waals surface area contributed by atoms with Gasteiger partial charge < -0.3 is 15.7 Å². The van der Waals surface area contributed by atoms with E-state index in [1.54, 1.807) is 0 Å². The lowest BCUT2D eigenvalue weighted by atomic mass is 10.0. The monoisotopic (exact) mass is 298 g/mol. The molecule has 2 rings (SSSR count). The van der Waals surface area contributed by atoms with E-state index in [2.05, 4.69) is 54.0 Å². The molecule has 3 N–H and O–H groups in total. The van der Waals surface area contributed by atoms with E-state index in [-0.39, 0.29) is 6.04 Å². The number of benzene rings is 2. The van der Waals surface area contributed by atoms with Crippen LogP contribution in [0.4, 0.5) is 0 Å². The molecule has 0 aliphatic carbocycles. The van der Waals surface area contributed by atoms with Crippen molar-refractivity contribution in [2.75, 3.05) is 13.6 Å².